The van der Waals surface area contributed by atoms with Crippen LogP contribution in [0.4, 0.5) is 5.69 Å². The Morgan fingerprint density at radius 1 is 1.17 bits per heavy atom. The molecule has 1 saturated heterocycles. The van der Waals surface area contributed by atoms with Crippen molar-refractivity contribution in [2.24, 2.45) is 5.92 Å². The number of hydrogen-bond acceptors (Lipinski definition) is 2. The van der Waals surface area contributed by atoms with Crippen LogP contribution >= 0.6 is 15.9 Å². The molecule has 0 radical (unpaired) electrons. The molecule has 0 unspecified atom stereocenters. The first-order chi connectivity index (χ1) is 11.6. The van der Waals surface area contributed by atoms with Crippen molar-refractivity contribution in [1.82, 2.24) is 4.90 Å². The topological polar surface area (TPSA) is 32.3 Å². The van der Waals surface area contributed by atoms with Crippen LogP contribution in [0.5, 0.6) is 0 Å². The Hall–Kier alpha value is -1.65. The van der Waals surface area contributed by atoms with E-state index in [1.165, 1.54) is 11.1 Å². The molecule has 0 aliphatic carbocycles. The van der Waals surface area contributed by atoms with Crippen LogP contribution in [0.15, 0.2) is 53.0 Å². The highest BCUT2D eigenvalue weighted by Gasteiger charge is 2.25. The van der Waals surface area contributed by atoms with Gasteiger partial charge in [0.05, 0.1) is 5.69 Å². The maximum atomic E-state index is 12.5. The highest BCUT2D eigenvalue weighted by molar-refractivity contribution is 9.10. The number of nitrogens with zero attached hydrogens (tertiary/aromatic N) is 1. The molecule has 2 aromatic rings. The fourth-order valence-corrected chi connectivity index (χ4v) is 3.60. The minimum atomic E-state index is 0.103. The molecule has 24 heavy (non-hydrogen) atoms. The van der Waals surface area contributed by atoms with Gasteiger partial charge in [0.25, 0.3) is 0 Å². The van der Waals surface area contributed by atoms with Crippen molar-refractivity contribution in [2.75, 3.05) is 18.4 Å². The quantitative estimate of drug-likeness (QED) is 0.831. The van der Waals surface area contributed by atoms with Gasteiger partial charge in [-0.3, -0.25) is 9.69 Å². The molecule has 0 spiro atoms. The molecule has 126 valence electrons. The molecule has 0 atom stereocenters. The van der Waals surface area contributed by atoms with Crippen LogP contribution in [0, 0.1) is 12.8 Å². The van der Waals surface area contributed by atoms with Gasteiger partial charge in [-0.05, 0) is 66.5 Å². The van der Waals surface area contributed by atoms with Crippen molar-refractivity contribution in [3.8, 4) is 0 Å². The highest BCUT2D eigenvalue weighted by Crippen LogP contribution is 2.25. The third-order valence-electron chi connectivity index (χ3n) is 4.58. The first-order valence-electron chi connectivity index (χ1n) is 8.45. The number of carbonyl (C=O) groups excluding carboxylic acids is 1. The number of para-hydroxylation sites is 1. The van der Waals surface area contributed by atoms with E-state index < -0.39 is 0 Å². The second kappa shape index (κ2) is 7.95. The van der Waals surface area contributed by atoms with Crippen LogP contribution in [-0.4, -0.2) is 23.9 Å². The summed E-state index contributed by atoms with van der Waals surface area (Å²) in [6.07, 6.45) is 1.84. The zero-order chi connectivity index (χ0) is 16.9. The number of amides is 1. The SMILES string of the molecule is Cc1cccc(CN2CCC(C(=O)Nc3ccccc3Br)CC2)c1. The van der Waals surface area contributed by atoms with E-state index >= 15 is 0 Å². The number of carbonyl (C=O) groups is 1. The van der Waals surface area contributed by atoms with Gasteiger partial charge in [-0.15, -0.1) is 0 Å². The monoisotopic (exact) mass is 386 g/mol. The third-order valence-corrected chi connectivity index (χ3v) is 5.27. The van der Waals surface area contributed by atoms with Gasteiger partial charge < -0.3 is 5.32 Å². The zero-order valence-electron chi connectivity index (χ0n) is 14.0. The second-order valence-electron chi connectivity index (χ2n) is 6.51. The molecule has 0 aromatic heterocycles. The molecule has 3 nitrogen and oxygen atoms in total. The fraction of sp³-hybridized carbons (Fsp3) is 0.350. The summed E-state index contributed by atoms with van der Waals surface area (Å²) in [4.78, 5) is 14.9. The van der Waals surface area contributed by atoms with Crippen LogP contribution < -0.4 is 5.32 Å². The molecule has 1 amide bonds. The van der Waals surface area contributed by atoms with E-state index in [1.54, 1.807) is 0 Å². The van der Waals surface area contributed by atoms with Crippen molar-refractivity contribution in [2.45, 2.75) is 26.3 Å². The van der Waals surface area contributed by atoms with Gasteiger partial charge in [0.2, 0.25) is 5.91 Å². The third kappa shape index (κ3) is 4.46. The van der Waals surface area contributed by atoms with Crippen LogP contribution in [0.3, 0.4) is 0 Å². The summed E-state index contributed by atoms with van der Waals surface area (Å²) in [5.41, 5.74) is 3.51. The average molecular weight is 387 g/mol. The number of benzene rings is 2. The van der Waals surface area contributed by atoms with Gasteiger partial charge in [-0.25, -0.2) is 0 Å². The van der Waals surface area contributed by atoms with Crippen LogP contribution in [0.1, 0.15) is 24.0 Å². The molecule has 2 aromatic carbocycles. The second-order valence-corrected chi connectivity index (χ2v) is 7.36. The average Bonchev–Trinajstić information content (AvgIpc) is 2.57. The van der Waals surface area contributed by atoms with E-state index in [2.05, 4.69) is 57.3 Å². The Morgan fingerprint density at radius 2 is 1.92 bits per heavy atom. The van der Waals surface area contributed by atoms with E-state index in [0.29, 0.717) is 0 Å². The minimum Gasteiger partial charge on any atom is -0.325 e. The number of nitrogens with one attached hydrogen (secondary N) is 1. The van der Waals surface area contributed by atoms with Gasteiger partial charge >= 0.3 is 0 Å². The van der Waals surface area contributed by atoms with Crippen molar-refractivity contribution in [1.29, 1.82) is 0 Å². The van der Waals surface area contributed by atoms with E-state index in [1.807, 2.05) is 24.3 Å². The lowest BCUT2D eigenvalue weighted by atomic mass is 9.95. The van der Waals surface area contributed by atoms with E-state index in [4.69, 9.17) is 0 Å². The number of piperidine rings is 1. The van der Waals surface area contributed by atoms with E-state index in [0.717, 1.165) is 42.6 Å². The molecule has 1 aliphatic heterocycles. The molecular weight excluding hydrogens is 364 g/mol. The van der Waals surface area contributed by atoms with E-state index in [-0.39, 0.29) is 11.8 Å². The predicted octanol–water partition coefficient (Wildman–Crippen LogP) is 4.61. The summed E-state index contributed by atoms with van der Waals surface area (Å²) in [6.45, 7) is 5.05. The van der Waals surface area contributed by atoms with Crippen LogP contribution in [-0.2, 0) is 11.3 Å². The molecule has 1 fully saturated rings. The molecule has 4 heteroatoms. The Morgan fingerprint density at radius 3 is 2.62 bits per heavy atom. The standard InChI is InChI=1S/C20H23BrN2O/c1-15-5-4-6-16(13-15)14-23-11-9-17(10-12-23)20(24)22-19-8-3-2-7-18(19)21/h2-8,13,17H,9-12,14H2,1H3,(H,22,24). The van der Waals surface area contributed by atoms with Gasteiger partial charge in [0.15, 0.2) is 0 Å². The molecule has 1 aliphatic rings. The molecule has 3 rings (SSSR count). The molecule has 1 heterocycles. The lowest BCUT2D eigenvalue weighted by Gasteiger charge is -2.31. The van der Waals surface area contributed by atoms with Crippen molar-refractivity contribution >= 4 is 27.5 Å². The van der Waals surface area contributed by atoms with Crippen LogP contribution in [0.25, 0.3) is 0 Å². The Balaban J connectivity index is 1.51. The minimum absolute atomic E-state index is 0.103. The number of hydrogen-bond donors (Lipinski definition) is 1. The number of halogens is 1. The summed E-state index contributed by atoms with van der Waals surface area (Å²) in [5.74, 6) is 0.239. The summed E-state index contributed by atoms with van der Waals surface area (Å²) in [5, 5.41) is 3.05. The van der Waals surface area contributed by atoms with Gasteiger partial charge in [0.1, 0.15) is 0 Å². The molecular formula is C20H23BrN2O. The zero-order valence-corrected chi connectivity index (χ0v) is 15.6. The van der Waals surface area contributed by atoms with Crippen molar-refractivity contribution < 1.29 is 4.79 Å². The fourth-order valence-electron chi connectivity index (χ4n) is 3.22. The number of aryl methyl sites for hydroxylation is 1. The predicted molar refractivity (Wildman–Crippen MR) is 102 cm³/mol. The largest absolute Gasteiger partial charge is 0.325 e. The lowest BCUT2D eigenvalue weighted by molar-refractivity contribution is -0.121. The Labute approximate surface area is 152 Å². The Bertz CT molecular complexity index is 708. The highest BCUT2D eigenvalue weighted by atomic mass is 79.9. The van der Waals surface area contributed by atoms with Crippen LogP contribution in [0.2, 0.25) is 0 Å². The van der Waals surface area contributed by atoms with Gasteiger partial charge in [-0.2, -0.15) is 0 Å². The van der Waals surface area contributed by atoms with Gasteiger partial charge in [0, 0.05) is 16.9 Å². The summed E-state index contributed by atoms with van der Waals surface area (Å²) >= 11 is 3.48. The van der Waals surface area contributed by atoms with Gasteiger partial charge in [-0.1, -0.05) is 42.0 Å². The normalized spacial score (nSPS) is 16.1. The van der Waals surface area contributed by atoms with Crippen molar-refractivity contribution in [3.63, 3.8) is 0 Å². The maximum Gasteiger partial charge on any atom is 0.227 e. The molecule has 1 N–H and O–H groups in total. The smallest absolute Gasteiger partial charge is 0.227 e. The number of rotatable bonds is 4. The molecule has 0 saturated carbocycles. The summed E-state index contributed by atoms with van der Waals surface area (Å²) in [7, 11) is 0. The first-order valence-corrected chi connectivity index (χ1v) is 9.24. The van der Waals surface area contributed by atoms with E-state index in [9.17, 15) is 4.79 Å². The summed E-state index contributed by atoms with van der Waals surface area (Å²) < 4.78 is 0.926. The lowest BCUT2D eigenvalue weighted by Crippen LogP contribution is -2.37. The summed E-state index contributed by atoms with van der Waals surface area (Å²) in [6, 6.07) is 16.4. The number of likely N-dealkylation sites (tertiary alicyclic amines) is 1. The van der Waals surface area contributed by atoms with Crippen molar-refractivity contribution in [3.05, 3.63) is 64.1 Å². The maximum absolute atomic E-state index is 12.5. The Kier molecular flexibility index (Phi) is 5.69. The first kappa shape index (κ1) is 17.2. The molecule has 0 bridgehead atoms. The number of anilines is 1.